The average Bonchev–Trinajstić information content (AvgIpc) is 3.69. The van der Waals surface area contributed by atoms with Crippen molar-refractivity contribution in [3.63, 3.8) is 0 Å². The standard InChI is InChI=1S/C28H31N7O6S2/c1-35(2)14-4-15-40-24-10-9-22-27(32-24)42-28(31-22)33-26(36)25(34-41-18-23-29-12-3-13-30-23)19-5-7-20(8-6-19)43(37,38)21-11-16-39-17-21/h3,5-10,12-13,21H,4,11,14-18H2,1-2H3,(H,31,33,36)/b34-25+/t21-/m0/s1. The number of hydrogen-bond donors (Lipinski definition) is 1. The van der Waals surface area contributed by atoms with Crippen LogP contribution in [0.25, 0.3) is 10.3 Å². The lowest BCUT2D eigenvalue weighted by molar-refractivity contribution is -0.110. The van der Waals surface area contributed by atoms with E-state index in [1.165, 1.54) is 35.6 Å². The van der Waals surface area contributed by atoms with E-state index in [-0.39, 0.29) is 23.8 Å². The molecule has 0 aliphatic carbocycles. The molecule has 0 spiro atoms. The van der Waals surface area contributed by atoms with Crippen molar-refractivity contribution >= 4 is 48.3 Å². The van der Waals surface area contributed by atoms with E-state index in [1.54, 1.807) is 30.6 Å². The van der Waals surface area contributed by atoms with E-state index in [9.17, 15) is 13.2 Å². The molecule has 1 atom stereocenters. The third-order valence-electron chi connectivity index (χ3n) is 6.42. The minimum atomic E-state index is -3.57. The van der Waals surface area contributed by atoms with E-state index in [0.29, 0.717) is 52.4 Å². The summed E-state index contributed by atoms with van der Waals surface area (Å²) in [5, 5.41) is 6.53. The maximum atomic E-state index is 13.4. The molecule has 1 saturated heterocycles. The highest BCUT2D eigenvalue weighted by Crippen LogP contribution is 2.27. The van der Waals surface area contributed by atoms with Crippen molar-refractivity contribution in [2.24, 2.45) is 5.16 Å². The van der Waals surface area contributed by atoms with Crippen LogP contribution >= 0.6 is 11.3 Å². The summed E-state index contributed by atoms with van der Waals surface area (Å²) in [4.78, 5) is 38.8. The number of nitrogens with zero attached hydrogens (tertiary/aromatic N) is 6. The van der Waals surface area contributed by atoms with Crippen LogP contribution in [0.2, 0.25) is 0 Å². The fourth-order valence-electron chi connectivity index (χ4n) is 4.18. The van der Waals surface area contributed by atoms with Crippen molar-refractivity contribution in [3.05, 3.63) is 66.2 Å². The number of fused-ring (bicyclic) bond motifs is 1. The number of hydrogen-bond acceptors (Lipinski definition) is 13. The molecular weight excluding hydrogens is 594 g/mol. The van der Waals surface area contributed by atoms with Crippen LogP contribution in [0.4, 0.5) is 5.13 Å². The molecule has 1 amide bonds. The first kappa shape index (κ1) is 30.4. The Labute approximate surface area is 252 Å². The predicted molar refractivity (Wildman–Crippen MR) is 161 cm³/mol. The van der Waals surface area contributed by atoms with Crippen molar-refractivity contribution in [1.29, 1.82) is 0 Å². The van der Waals surface area contributed by atoms with Gasteiger partial charge in [-0.3, -0.25) is 10.1 Å². The Morgan fingerprint density at radius 3 is 2.65 bits per heavy atom. The van der Waals surface area contributed by atoms with Gasteiger partial charge in [0.25, 0.3) is 5.91 Å². The van der Waals surface area contributed by atoms with Gasteiger partial charge in [0.05, 0.1) is 23.4 Å². The van der Waals surface area contributed by atoms with Crippen LogP contribution in [0.3, 0.4) is 0 Å². The molecule has 5 rings (SSSR count). The second-order valence-corrected chi connectivity index (χ2v) is 13.1. The van der Waals surface area contributed by atoms with Crippen molar-refractivity contribution < 1.29 is 27.5 Å². The van der Waals surface area contributed by atoms with Gasteiger partial charge in [-0.1, -0.05) is 28.6 Å². The van der Waals surface area contributed by atoms with Gasteiger partial charge in [0, 0.05) is 37.2 Å². The van der Waals surface area contributed by atoms with Gasteiger partial charge in [-0.2, -0.15) is 0 Å². The number of aromatic nitrogens is 4. The Hall–Kier alpha value is -4.05. The predicted octanol–water partition coefficient (Wildman–Crippen LogP) is 2.93. The van der Waals surface area contributed by atoms with Crippen LogP contribution in [0.1, 0.15) is 24.2 Å². The summed E-state index contributed by atoms with van der Waals surface area (Å²) in [6.45, 7) is 1.93. The molecule has 15 heteroatoms. The molecule has 4 aromatic rings. The Kier molecular flexibility index (Phi) is 9.86. The number of carbonyl (C=O) groups excluding carboxylic acids is 1. The number of oxime groups is 1. The van der Waals surface area contributed by atoms with Crippen LogP contribution in [0.5, 0.6) is 5.88 Å². The zero-order valence-corrected chi connectivity index (χ0v) is 25.3. The maximum Gasteiger partial charge on any atom is 0.280 e. The monoisotopic (exact) mass is 625 g/mol. The molecule has 4 heterocycles. The van der Waals surface area contributed by atoms with Gasteiger partial charge in [0.1, 0.15) is 10.3 Å². The van der Waals surface area contributed by atoms with E-state index in [4.69, 9.17) is 14.3 Å². The average molecular weight is 626 g/mol. The largest absolute Gasteiger partial charge is 0.478 e. The fraction of sp³-hybridized carbons (Fsp3) is 0.357. The number of carbonyl (C=O) groups is 1. The molecule has 0 saturated carbocycles. The molecule has 43 heavy (non-hydrogen) atoms. The molecule has 0 radical (unpaired) electrons. The second-order valence-electron chi connectivity index (χ2n) is 9.89. The van der Waals surface area contributed by atoms with Gasteiger partial charge < -0.3 is 19.2 Å². The number of thiazole rings is 1. The normalized spacial score (nSPS) is 15.6. The Balaban J connectivity index is 1.33. The first-order valence-corrected chi connectivity index (χ1v) is 15.9. The van der Waals surface area contributed by atoms with Crippen LogP contribution in [0, 0.1) is 0 Å². The van der Waals surface area contributed by atoms with Crippen LogP contribution < -0.4 is 10.1 Å². The summed E-state index contributed by atoms with van der Waals surface area (Å²) < 4.78 is 37.0. The summed E-state index contributed by atoms with van der Waals surface area (Å²) in [5.74, 6) is 0.252. The van der Waals surface area contributed by atoms with Gasteiger partial charge in [-0.25, -0.2) is 28.4 Å². The second kappa shape index (κ2) is 13.9. The number of rotatable bonds is 13. The van der Waals surface area contributed by atoms with Gasteiger partial charge in [-0.05, 0) is 51.2 Å². The van der Waals surface area contributed by atoms with Crippen molar-refractivity contribution in [2.45, 2.75) is 29.6 Å². The highest BCUT2D eigenvalue weighted by Gasteiger charge is 2.31. The molecule has 1 aliphatic rings. The third-order valence-corrected chi connectivity index (χ3v) is 9.48. The molecule has 1 aromatic carbocycles. The molecule has 3 aromatic heterocycles. The van der Waals surface area contributed by atoms with Crippen molar-refractivity contribution in [2.75, 3.05) is 45.8 Å². The van der Waals surface area contributed by atoms with Crippen LogP contribution in [0.15, 0.2) is 64.9 Å². The first-order chi connectivity index (χ1) is 20.8. The third kappa shape index (κ3) is 7.87. The van der Waals surface area contributed by atoms with Gasteiger partial charge in [0.2, 0.25) is 5.88 Å². The fourth-order valence-corrected chi connectivity index (χ4v) is 6.59. The van der Waals surface area contributed by atoms with E-state index in [0.717, 1.165) is 13.0 Å². The summed E-state index contributed by atoms with van der Waals surface area (Å²) in [7, 11) is 0.434. The van der Waals surface area contributed by atoms with Gasteiger partial charge in [0.15, 0.2) is 33.1 Å². The lowest BCUT2D eigenvalue weighted by atomic mass is 10.1. The first-order valence-electron chi connectivity index (χ1n) is 13.5. The van der Waals surface area contributed by atoms with Crippen LogP contribution in [-0.2, 0) is 30.8 Å². The van der Waals surface area contributed by atoms with E-state index in [1.807, 2.05) is 14.1 Å². The number of sulfone groups is 1. The summed E-state index contributed by atoms with van der Waals surface area (Å²) in [6.07, 6.45) is 4.44. The number of pyridine rings is 1. The smallest absolute Gasteiger partial charge is 0.280 e. The van der Waals surface area contributed by atoms with Crippen LogP contribution in [-0.4, -0.2) is 90.6 Å². The highest BCUT2D eigenvalue weighted by molar-refractivity contribution is 7.92. The zero-order chi connectivity index (χ0) is 30.2. The lowest BCUT2D eigenvalue weighted by Gasteiger charge is -2.11. The number of amides is 1. The number of anilines is 1. The van der Waals surface area contributed by atoms with Crippen molar-refractivity contribution in [1.82, 2.24) is 24.8 Å². The molecule has 1 aliphatic heterocycles. The molecule has 0 unspecified atom stereocenters. The Morgan fingerprint density at radius 2 is 1.93 bits per heavy atom. The quantitative estimate of drug-likeness (QED) is 0.132. The summed E-state index contributed by atoms with van der Waals surface area (Å²) in [6, 6.07) is 11.1. The number of ether oxygens (including phenoxy) is 2. The molecule has 1 fully saturated rings. The topological polar surface area (TPSA) is 158 Å². The summed E-state index contributed by atoms with van der Waals surface area (Å²) >= 11 is 1.19. The molecule has 13 nitrogen and oxygen atoms in total. The molecule has 0 bridgehead atoms. The molecular formula is C28H31N7O6S2. The minimum absolute atomic E-state index is 0.0753. The highest BCUT2D eigenvalue weighted by atomic mass is 32.2. The Morgan fingerprint density at radius 1 is 1.14 bits per heavy atom. The van der Waals surface area contributed by atoms with Gasteiger partial charge >= 0.3 is 0 Å². The number of benzene rings is 1. The molecule has 226 valence electrons. The maximum absolute atomic E-state index is 13.4. The zero-order valence-electron chi connectivity index (χ0n) is 23.7. The number of nitrogens with one attached hydrogen (secondary N) is 1. The minimum Gasteiger partial charge on any atom is -0.478 e. The van der Waals surface area contributed by atoms with Crippen molar-refractivity contribution in [3.8, 4) is 5.88 Å². The van der Waals surface area contributed by atoms with E-state index in [2.05, 4.69) is 35.3 Å². The Bertz CT molecular complexity index is 1670. The SMILES string of the molecule is CN(C)CCCOc1ccc2nc(NC(=O)/C(=N/OCc3ncccn3)c3ccc(S(=O)(=O)[C@H]4CCOC4)cc3)sc2n1. The molecule has 1 N–H and O–H groups in total. The van der Waals surface area contributed by atoms with Gasteiger partial charge in [-0.15, -0.1) is 0 Å². The van der Waals surface area contributed by atoms with E-state index >= 15 is 0 Å². The summed E-state index contributed by atoms with van der Waals surface area (Å²) in [5.41, 5.74) is 0.865. The van der Waals surface area contributed by atoms with E-state index < -0.39 is 21.0 Å². The lowest BCUT2D eigenvalue weighted by Crippen LogP contribution is -2.25.